The summed E-state index contributed by atoms with van der Waals surface area (Å²) in [5.74, 6) is 1.67. The van der Waals surface area contributed by atoms with Crippen LogP contribution in [0.1, 0.15) is 51.9 Å². The molecule has 2 atom stereocenters. The van der Waals surface area contributed by atoms with Gasteiger partial charge in [-0.15, -0.1) is 12.4 Å². The largest absolute Gasteiger partial charge is 0.353 e. The van der Waals surface area contributed by atoms with Crippen LogP contribution in [0, 0.1) is 11.8 Å². The molecule has 0 radical (unpaired) electrons. The van der Waals surface area contributed by atoms with E-state index in [2.05, 4.69) is 17.6 Å². The topological polar surface area (TPSA) is 41.1 Å². The van der Waals surface area contributed by atoms with E-state index in [0.717, 1.165) is 38.3 Å². The molecule has 2 aliphatic rings. The normalized spacial score (nSPS) is 28.7. The summed E-state index contributed by atoms with van der Waals surface area (Å²) in [4.78, 5) is 11.9. The van der Waals surface area contributed by atoms with Crippen LogP contribution in [-0.2, 0) is 4.79 Å². The van der Waals surface area contributed by atoms with E-state index >= 15 is 0 Å². The number of piperidine rings is 1. The Bertz CT molecular complexity index is 254. The zero-order valence-electron chi connectivity index (χ0n) is 11.4. The van der Waals surface area contributed by atoms with Crippen LogP contribution in [-0.4, -0.2) is 25.0 Å². The summed E-state index contributed by atoms with van der Waals surface area (Å²) in [6.07, 6.45) is 8.35. The fraction of sp³-hybridized carbons (Fsp3) is 0.929. The predicted molar refractivity (Wildman–Crippen MR) is 77.0 cm³/mol. The van der Waals surface area contributed by atoms with Crippen molar-refractivity contribution in [3.63, 3.8) is 0 Å². The molecular weight excluding hydrogens is 248 g/mol. The molecule has 106 valence electrons. The highest BCUT2D eigenvalue weighted by atomic mass is 35.5. The van der Waals surface area contributed by atoms with Crippen molar-refractivity contribution in [3.05, 3.63) is 0 Å². The zero-order chi connectivity index (χ0) is 12.1. The van der Waals surface area contributed by atoms with Gasteiger partial charge in [-0.05, 0) is 37.8 Å². The fourth-order valence-electron chi connectivity index (χ4n) is 3.14. The van der Waals surface area contributed by atoms with Crippen molar-refractivity contribution in [2.75, 3.05) is 13.1 Å². The summed E-state index contributed by atoms with van der Waals surface area (Å²) in [5.41, 5.74) is 0. The maximum atomic E-state index is 11.9. The molecular formula is C14H27ClN2O. The number of rotatable bonds is 4. The van der Waals surface area contributed by atoms with Crippen molar-refractivity contribution >= 4 is 18.3 Å². The first kappa shape index (κ1) is 15.8. The van der Waals surface area contributed by atoms with Crippen molar-refractivity contribution in [3.8, 4) is 0 Å². The van der Waals surface area contributed by atoms with Gasteiger partial charge in [0.05, 0.1) is 0 Å². The molecule has 0 aromatic rings. The number of hydrogen-bond donors (Lipinski definition) is 2. The molecule has 2 fully saturated rings. The fourth-order valence-corrected chi connectivity index (χ4v) is 3.14. The molecule has 1 saturated heterocycles. The van der Waals surface area contributed by atoms with Gasteiger partial charge in [-0.25, -0.2) is 0 Å². The Kier molecular flexibility index (Phi) is 7.02. The number of hydrogen-bond acceptors (Lipinski definition) is 2. The molecule has 0 spiro atoms. The lowest BCUT2D eigenvalue weighted by Gasteiger charge is -2.30. The van der Waals surface area contributed by atoms with Crippen LogP contribution < -0.4 is 10.6 Å². The van der Waals surface area contributed by atoms with E-state index in [9.17, 15) is 4.79 Å². The van der Waals surface area contributed by atoms with Gasteiger partial charge >= 0.3 is 0 Å². The molecule has 2 rings (SSSR count). The third kappa shape index (κ3) is 4.77. The van der Waals surface area contributed by atoms with Crippen molar-refractivity contribution in [1.82, 2.24) is 10.6 Å². The van der Waals surface area contributed by atoms with Gasteiger partial charge in [0, 0.05) is 12.5 Å². The Labute approximate surface area is 117 Å². The van der Waals surface area contributed by atoms with E-state index < -0.39 is 0 Å². The minimum atomic E-state index is 0. The maximum absolute atomic E-state index is 11.9. The monoisotopic (exact) mass is 274 g/mol. The van der Waals surface area contributed by atoms with E-state index in [1.165, 1.54) is 25.7 Å². The van der Waals surface area contributed by atoms with Crippen LogP contribution in [0.2, 0.25) is 0 Å². The minimum absolute atomic E-state index is 0. The van der Waals surface area contributed by atoms with Crippen molar-refractivity contribution < 1.29 is 4.79 Å². The Balaban J connectivity index is 0.00000162. The molecule has 0 aromatic heterocycles. The Morgan fingerprint density at radius 1 is 1.28 bits per heavy atom. The molecule has 0 aromatic carbocycles. The second-order valence-electron chi connectivity index (χ2n) is 5.83. The minimum Gasteiger partial charge on any atom is -0.353 e. The van der Waals surface area contributed by atoms with E-state index in [1.807, 2.05) is 0 Å². The third-order valence-electron chi connectivity index (χ3n) is 4.39. The van der Waals surface area contributed by atoms with Crippen molar-refractivity contribution in [1.29, 1.82) is 0 Å². The highest BCUT2D eigenvalue weighted by Crippen LogP contribution is 2.28. The summed E-state index contributed by atoms with van der Waals surface area (Å²) >= 11 is 0. The summed E-state index contributed by atoms with van der Waals surface area (Å²) < 4.78 is 0. The molecule has 3 nitrogen and oxygen atoms in total. The Morgan fingerprint density at radius 2 is 2.00 bits per heavy atom. The van der Waals surface area contributed by atoms with Crippen LogP contribution >= 0.6 is 12.4 Å². The smallest absolute Gasteiger partial charge is 0.220 e. The van der Waals surface area contributed by atoms with Crippen LogP contribution in [0.5, 0.6) is 0 Å². The van der Waals surface area contributed by atoms with Crippen LogP contribution in [0.25, 0.3) is 0 Å². The van der Waals surface area contributed by atoms with Gasteiger partial charge in [0.1, 0.15) is 0 Å². The molecule has 1 aliphatic heterocycles. The quantitative estimate of drug-likeness (QED) is 0.827. The lowest BCUT2D eigenvalue weighted by Crippen LogP contribution is -2.48. The molecule has 2 unspecified atom stereocenters. The zero-order valence-corrected chi connectivity index (χ0v) is 12.2. The average molecular weight is 275 g/mol. The molecule has 1 aliphatic carbocycles. The van der Waals surface area contributed by atoms with E-state index in [0.29, 0.717) is 12.0 Å². The van der Waals surface area contributed by atoms with Gasteiger partial charge in [0.15, 0.2) is 0 Å². The van der Waals surface area contributed by atoms with Gasteiger partial charge in [0.25, 0.3) is 0 Å². The van der Waals surface area contributed by atoms with Crippen LogP contribution in [0.4, 0.5) is 0 Å². The van der Waals surface area contributed by atoms with Gasteiger partial charge in [0.2, 0.25) is 5.91 Å². The highest BCUT2D eigenvalue weighted by molar-refractivity contribution is 5.85. The second kappa shape index (κ2) is 8.00. The SMILES string of the molecule is CC1CNCCC1NC(=O)CCC1CCCC1.Cl. The summed E-state index contributed by atoms with van der Waals surface area (Å²) in [7, 11) is 0. The van der Waals surface area contributed by atoms with Crippen molar-refractivity contribution in [2.45, 2.75) is 57.9 Å². The summed E-state index contributed by atoms with van der Waals surface area (Å²) in [5, 5.41) is 6.58. The standard InChI is InChI=1S/C14H26N2O.ClH/c1-11-10-15-9-8-13(11)16-14(17)7-6-12-4-2-3-5-12;/h11-13,15H,2-10H2,1H3,(H,16,17);1H. The highest BCUT2D eigenvalue weighted by Gasteiger charge is 2.23. The summed E-state index contributed by atoms with van der Waals surface area (Å²) in [6, 6.07) is 0.396. The molecule has 18 heavy (non-hydrogen) atoms. The first-order valence-electron chi connectivity index (χ1n) is 7.26. The molecule has 1 saturated carbocycles. The molecule has 0 bridgehead atoms. The van der Waals surface area contributed by atoms with Crippen LogP contribution in [0.15, 0.2) is 0 Å². The van der Waals surface area contributed by atoms with Gasteiger partial charge in [-0.3, -0.25) is 4.79 Å². The lowest BCUT2D eigenvalue weighted by atomic mass is 9.94. The average Bonchev–Trinajstić information content (AvgIpc) is 2.82. The number of nitrogens with one attached hydrogen (secondary N) is 2. The van der Waals surface area contributed by atoms with E-state index in [-0.39, 0.29) is 18.3 Å². The lowest BCUT2D eigenvalue weighted by molar-refractivity contribution is -0.122. The summed E-state index contributed by atoms with van der Waals surface area (Å²) in [6.45, 7) is 4.29. The van der Waals surface area contributed by atoms with Gasteiger partial charge in [-0.2, -0.15) is 0 Å². The van der Waals surface area contributed by atoms with Gasteiger partial charge < -0.3 is 10.6 Å². The number of amides is 1. The second-order valence-corrected chi connectivity index (χ2v) is 5.83. The number of halogens is 1. The first-order valence-corrected chi connectivity index (χ1v) is 7.26. The number of carbonyl (C=O) groups is 1. The first-order chi connectivity index (χ1) is 8.25. The van der Waals surface area contributed by atoms with E-state index in [4.69, 9.17) is 0 Å². The molecule has 2 N–H and O–H groups in total. The van der Waals surface area contributed by atoms with Gasteiger partial charge in [-0.1, -0.05) is 32.6 Å². The third-order valence-corrected chi connectivity index (χ3v) is 4.39. The predicted octanol–water partition coefficient (Wildman–Crippen LogP) is 2.49. The number of carbonyl (C=O) groups excluding carboxylic acids is 1. The molecule has 4 heteroatoms. The Hall–Kier alpha value is -0.280. The molecule has 1 heterocycles. The Morgan fingerprint density at radius 3 is 2.67 bits per heavy atom. The maximum Gasteiger partial charge on any atom is 0.220 e. The van der Waals surface area contributed by atoms with Crippen molar-refractivity contribution in [2.24, 2.45) is 11.8 Å². The molecule has 1 amide bonds. The van der Waals surface area contributed by atoms with E-state index in [1.54, 1.807) is 0 Å². The van der Waals surface area contributed by atoms with Crippen LogP contribution in [0.3, 0.4) is 0 Å².